The Labute approximate surface area is 119 Å². The van der Waals surface area contributed by atoms with E-state index in [1.807, 2.05) is 27.8 Å². The Morgan fingerprint density at radius 2 is 2.05 bits per heavy atom. The van der Waals surface area contributed by atoms with Gasteiger partial charge in [-0.25, -0.2) is 9.78 Å². The minimum absolute atomic E-state index is 0.253. The summed E-state index contributed by atoms with van der Waals surface area (Å²) in [5, 5.41) is 10.1. The van der Waals surface area contributed by atoms with Crippen molar-refractivity contribution in [2.75, 3.05) is 11.9 Å². The van der Waals surface area contributed by atoms with Crippen LogP contribution in [0.25, 0.3) is 0 Å². The molecule has 0 saturated carbocycles. The number of nitrogens with zero attached hydrogens (tertiary/aromatic N) is 2. The highest BCUT2D eigenvalue weighted by Gasteiger charge is 2.28. The summed E-state index contributed by atoms with van der Waals surface area (Å²) in [6.45, 7) is 10.3. The molecule has 0 aliphatic heterocycles. The van der Waals surface area contributed by atoms with Crippen molar-refractivity contribution in [2.45, 2.75) is 58.9 Å². The summed E-state index contributed by atoms with van der Waals surface area (Å²) in [7, 11) is 1.98. The van der Waals surface area contributed by atoms with Crippen molar-refractivity contribution >= 4 is 22.4 Å². The zero-order valence-corrected chi connectivity index (χ0v) is 13.5. The zero-order chi connectivity index (χ0) is 14.8. The first-order valence-corrected chi connectivity index (χ1v) is 7.47. The molecule has 0 spiro atoms. The molecular formula is C14H24N2O2S. The lowest BCUT2D eigenvalue weighted by Crippen LogP contribution is -2.28. The molecule has 108 valence electrons. The zero-order valence-electron chi connectivity index (χ0n) is 12.6. The van der Waals surface area contributed by atoms with E-state index in [-0.39, 0.29) is 5.41 Å². The summed E-state index contributed by atoms with van der Waals surface area (Å²) >= 11 is 1.27. The summed E-state index contributed by atoms with van der Waals surface area (Å²) < 4.78 is 0. The minimum atomic E-state index is -0.884. The third-order valence-corrected chi connectivity index (χ3v) is 4.32. The minimum Gasteiger partial charge on any atom is -0.477 e. The number of hydrogen-bond acceptors (Lipinski definition) is 4. The molecule has 5 heteroatoms. The molecule has 0 aromatic carbocycles. The number of carbonyl (C=O) groups is 1. The van der Waals surface area contributed by atoms with Gasteiger partial charge in [0.2, 0.25) is 0 Å². The Hall–Kier alpha value is -1.10. The molecule has 0 saturated heterocycles. The first-order chi connectivity index (χ1) is 8.68. The number of rotatable bonds is 5. The maximum Gasteiger partial charge on any atom is 0.347 e. The van der Waals surface area contributed by atoms with Crippen LogP contribution in [0.2, 0.25) is 0 Å². The normalized spacial score (nSPS) is 13.4. The number of aromatic carboxylic acids is 1. The second-order valence-corrected chi connectivity index (χ2v) is 6.96. The van der Waals surface area contributed by atoms with Crippen molar-refractivity contribution in [3.8, 4) is 0 Å². The molecule has 1 rings (SSSR count). The number of carboxylic acid groups (broad SMARTS) is 1. The van der Waals surface area contributed by atoms with Crippen molar-refractivity contribution in [2.24, 2.45) is 0 Å². The predicted octanol–water partition coefficient (Wildman–Crippen LogP) is 3.76. The average Bonchev–Trinajstić information content (AvgIpc) is 2.72. The lowest BCUT2D eigenvalue weighted by Gasteiger charge is -2.24. The molecule has 19 heavy (non-hydrogen) atoms. The fourth-order valence-electron chi connectivity index (χ4n) is 1.91. The first kappa shape index (κ1) is 16.0. The lowest BCUT2D eigenvalue weighted by molar-refractivity contribution is 0.0699. The van der Waals surface area contributed by atoms with E-state index in [0.29, 0.717) is 16.6 Å². The Morgan fingerprint density at radius 1 is 1.47 bits per heavy atom. The third kappa shape index (κ3) is 3.69. The average molecular weight is 284 g/mol. The van der Waals surface area contributed by atoms with Gasteiger partial charge in [-0.2, -0.15) is 0 Å². The van der Waals surface area contributed by atoms with Gasteiger partial charge in [0, 0.05) is 18.5 Å². The fourth-order valence-corrected chi connectivity index (χ4v) is 3.09. The van der Waals surface area contributed by atoms with Gasteiger partial charge in [-0.15, -0.1) is 0 Å². The highest BCUT2D eigenvalue weighted by molar-refractivity contribution is 7.17. The fraction of sp³-hybridized carbons (Fsp3) is 0.714. The lowest BCUT2D eigenvalue weighted by atomic mass is 9.91. The van der Waals surface area contributed by atoms with Gasteiger partial charge in [0.05, 0.1) is 5.69 Å². The largest absolute Gasteiger partial charge is 0.477 e. The maximum atomic E-state index is 11.4. The van der Waals surface area contributed by atoms with Gasteiger partial charge in [-0.1, -0.05) is 45.5 Å². The van der Waals surface area contributed by atoms with Crippen LogP contribution >= 0.6 is 11.3 Å². The van der Waals surface area contributed by atoms with Crippen molar-refractivity contribution < 1.29 is 9.90 Å². The van der Waals surface area contributed by atoms with Gasteiger partial charge in [0.1, 0.15) is 4.88 Å². The number of carboxylic acids is 1. The van der Waals surface area contributed by atoms with Crippen molar-refractivity contribution in [3.63, 3.8) is 0 Å². The van der Waals surface area contributed by atoms with Gasteiger partial charge in [0.25, 0.3) is 0 Å². The Bertz CT molecular complexity index is 449. The number of aromatic nitrogens is 1. The van der Waals surface area contributed by atoms with Crippen LogP contribution in [0.3, 0.4) is 0 Å². The van der Waals surface area contributed by atoms with E-state index >= 15 is 0 Å². The Morgan fingerprint density at radius 3 is 2.42 bits per heavy atom. The quantitative estimate of drug-likeness (QED) is 0.894. The molecule has 0 aliphatic carbocycles. The molecule has 4 nitrogen and oxygen atoms in total. The number of thiazole rings is 1. The molecule has 1 aromatic rings. The van der Waals surface area contributed by atoms with Crippen LogP contribution in [0, 0.1) is 0 Å². The number of hydrogen-bond donors (Lipinski definition) is 1. The van der Waals surface area contributed by atoms with E-state index in [2.05, 4.69) is 23.7 Å². The van der Waals surface area contributed by atoms with Crippen LogP contribution in [0.5, 0.6) is 0 Å². The molecule has 1 atom stereocenters. The molecule has 1 heterocycles. The molecule has 1 N–H and O–H groups in total. The number of anilines is 1. The van der Waals surface area contributed by atoms with Crippen LogP contribution in [-0.2, 0) is 5.41 Å². The standard InChI is InChI=1S/C14H24N2O2S/c1-7-8-9(2)16(6)13-15-11(14(3,4)5)10(19-13)12(17)18/h9H,7-8H2,1-6H3,(H,17,18). The summed E-state index contributed by atoms with van der Waals surface area (Å²) in [5.41, 5.74) is 0.424. The maximum absolute atomic E-state index is 11.4. The molecule has 1 unspecified atom stereocenters. The summed E-state index contributed by atoms with van der Waals surface area (Å²) in [6.07, 6.45) is 2.18. The highest BCUT2D eigenvalue weighted by atomic mass is 32.1. The van der Waals surface area contributed by atoms with Crippen LogP contribution in [0.4, 0.5) is 5.13 Å². The molecule has 0 fully saturated rings. The van der Waals surface area contributed by atoms with Crippen molar-refractivity contribution in [3.05, 3.63) is 10.6 Å². The van der Waals surface area contributed by atoms with E-state index in [9.17, 15) is 9.90 Å². The van der Waals surface area contributed by atoms with Crippen LogP contribution in [0.15, 0.2) is 0 Å². The summed E-state index contributed by atoms with van der Waals surface area (Å²) in [5.74, 6) is -0.884. The van der Waals surface area contributed by atoms with Crippen LogP contribution < -0.4 is 4.90 Å². The highest BCUT2D eigenvalue weighted by Crippen LogP contribution is 2.34. The molecular weight excluding hydrogens is 260 g/mol. The molecule has 0 bridgehead atoms. The van der Waals surface area contributed by atoms with E-state index in [4.69, 9.17) is 0 Å². The smallest absolute Gasteiger partial charge is 0.347 e. The van der Waals surface area contributed by atoms with Crippen LogP contribution in [0.1, 0.15) is 62.8 Å². The Balaban J connectivity index is 3.15. The van der Waals surface area contributed by atoms with Gasteiger partial charge in [-0.3, -0.25) is 0 Å². The predicted molar refractivity (Wildman–Crippen MR) is 80.5 cm³/mol. The first-order valence-electron chi connectivity index (χ1n) is 6.65. The van der Waals surface area contributed by atoms with E-state index in [1.54, 1.807) is 0 Å². The van der Waals surface area contributed by atoms with Gasteiger partial charge >= 0.3 is 5.97 Å². The topological polar surface area (TPSA) is 53.4 Å². The molecule has 0 radical (unpaired) electrons. The van der Waals surface area contributed by atoms with E-state index in [1.165, 1.54) is 11.3 Å². The van der Waals surface area contributed by atoms with Gasteiger partial charge in [0.15, 0.2) is 5.13 Å². The van der Waals surface area contributed by atoms with Crippen molar-refractivity contribution in [1.29, 1.82) is 0 Å². The monoisotopic (exact) mass is 284 g/mol. The molecule has 0 aliphatic rings. The molecule has 1 aromatic heterocycles. The third-order valence-electron chi connectivity index (χ3n) is 3.19. The summed E-state index contributed by atoms with van der Waals surface area (Å²) in [6, 6.07) is 0.366. The Kier molecular flexibility index (Phi) is 4.96. The van der Waals surface area contributed by atoms with E-state index < -0.39 is 5.97 Å². The second kappa shape index (κ2) is 5.90. The van der Waals surface area contributed by atoms with Crippen LogP contribution in [-0.4, -0.2) is 29.1 Å². The summed E-state index contributed by atoms with van der Waals surface area (Å²) in [4.78, 5) is 18.4. The second-order valence-electron chi connectivity index (χ2n) is 5.98. The van der Waals surface area contributed by atoms with Crippen molar-refractivity contribution in [1.82, 2.24) is 4.98 Å². The SMILES string of the molecule is CCCC(C)N(C)c1nc(C(C)(C)C)c(C(=O)O)s1. The molecule has 0 amide bonds. The van der Waals surface area contributed by atoms with Gasteiger partial charge in [-0.05, 0) is 13.3 Å². The van der Waals surface area contributed by atoms with Gasteiger partial charge < -0.3 is 10.0 Å². The van der Waals surface area contributed by atoms with E-state index in [0.717, 1.165) is 18.0 Å².